The molecule has 1 heterocycles. The number of carboxylic acid groups (broad SMARTS) is 1. The fourth-order valence-corrected chi connectivity index (χ4v) is 5.88. The summed E-state index contributed by atoms with van der Waals surface area (Å²) in [5, 5.41) is 22.6. The number of aliphatic hydroxyl groups is 1. The molecule has 3 aromatic rings. The summed E-state index contributed by atoms with van der Waals surface area (Å²) in [7, 11) is -3.29. The van der Waals surface area contributed by atoms with E-state index in [1.165, 1.54) is 31.4 Å². The fraction of sp³-hybridized carbons (Fsp3) is 0.419. The topological polar surface area (TPSA) is 120 Å². The van der Waals surface area contributed by atoms with Crippen LogP contribution >= 0.6 is 0 Å². The number of benzene rings is 2. The van der Waals surface area contributed by atoms with Gasteiger partial charge in [-0.1, -0.05) is 24.3 Å². The number of likely N-dealkylation sites (N-methyl/N-ethyl adjacent to an activating group) is 1. The number of nitrogens with zero attached hydrogens (tertiary/aromatic N) is 2. The van der Waals surface area contributed by atoms with Gasteiger partial charge >= 0.3 is 12.1 Å². The van der Waals surface area contributed by atoms with Gasteiger partial charge in [0, 0.05) is 43.9 Å². The number of hydrogen-bond acceptors (Lipinski definition) is 6. The van der Waals surface area contributed by atoms with E-state index in [1.807, 2.05) is 13.8 Å². The number of carboxylic acids is 1. The van der Waals surface area contributed by atoms with Crippen molar-refractivity contribution in [2.45, 2.75) is 68.7 Å². The molecule has 240 valence electrons. The Kier molecular flexibility index (Phi) is 11.6. The number of halogens is 4. The van der Waals surface area contributed by atoms with Crippen molar-refractivity contribution in [2.75, 3.05) is 20.1 Å². The number of sulfonamides is 1. The van der Waals surface area contributed by atoms with Crippen LogP contribution in [0.1, 0.15) is 49.8 Å². The second kappa shape index (κ2) is 14.6. The van der Waals surface area contributed by atoms with Crippen molar-refractivity contribution < 1.29 is 41.0 Å². The quantitative estimate of drug-likeness (QED) is 0.193. The van der Waals surface area contributed by atoms with Crippen LogP contribution in [0.2, 0.25) is 0 Å². The van der Waals surface area contributed by atoms with Crippen molar-refractivity contribution in [1.82, 2.24) is 14.6 Å². The molecule has 0 aliphatic carbocycles. The van der Waals surface area contributed by atoms with Crippen molar-refractivity contribution in [3.63, 3.8) is 0 Å². The predicted octanol–water partition coefficient (Wildman–Crippen LogP) is 5.30. The molecule has 0 aliphatic heterocycles. The Morgan fingerprint density at radius 1 is 1.07 bits per heavy atom. The molecule has 13 heteroatoms. The van der Waals surface area contributed by atoms with Gasteiger partial charge in [-0.15, -0.1) is 0 Å². The lowest BCUT2D eigenvalue weighted by molar-refractivity contribution is -0.138. The maximum Gasteiger partial charge on any atom is 0.416 e. The number of aromatic nitrogens is 1. The average Bonchev–Trinajstić information content (AvgIpc) is 2.95. The van der Waals surface area contributed by atoms with E-state index in [9.17, 15) is 35.9 Å². The van der Waals surface area contributed by atoms with Gasteiger partial charge in [-0.25, -0.2) is 12.8 Å². The van der Waals surface area contributed by atoms with Crippen LogP contribution in [0, 0.1) is 5.82 Å². The minimum absolute atomic E-state index is 0.0124. The Bertz CT molecular complexity index is 1530. The zero-order valence-electron chi connectivity index (χ0n) is 24.7. The van der Waals surface area contributed by atoms with Crippen LogP contribution in [0.25, 0.3) is 11.3 Å². The Labute approximate surface area is 254 Å². The molecule has 2 aromatic carbocycles. The molecule has 0 saturated carbocycles. The smallest absolute Gasteiger partial charge is 0.416 e. The summed E-state index contributed by atoms with van der Waals surface area (Å²) in [5.41, 5.74) is -0.483. The summed E-state index contributed by atoms with van der Waals surface area (Å²) in [4.78, 5) is 14.3. The molecule has 3 N–H and O–H groups in total. The molecular formula is C31H37F4N3O5S. The molecule has 1 unspecified atom stereocenters. The molecular weight excluding hydrogens is 602 g/mol. The maximum absolute atomic E-state index is 13.9. The number of aliphatic carboxylic acids is 1. The molecule has 0 radical (unpaired) electrons. The molecule has 0 fully saturated rings. The van der Waals surface area contributed by atoms with Crippen molar-refractivity contribution >= 4 is 16.0 Å². The van der Waals surface area contributed by atoms with Crippen LogP contribution in [0.5, 0.6) is 0 Å². The summed E-state index contributed by atoms with van der Waals surface area (Å²) in [6.07, 6.45) is -2.81. The van der Waals surface area contributed by atoms with Crippen LogP contribution < -0.4 is 5.32 Å². The molecule has 0 amide bonds. The van der Waals surface area contributed by atoms with Crippen molar-refractivity contribution in [3.05, 3.63) is 83.3 Å². The Balaban J connectivity index is 1.69. The van der Waals surface area contributed by atoms with Gasteiger partial charge in [0.25, 0.3) is 0 Å². The lowest BCUT2D eigenvalue weighted by atomic mass is 9.95. The number of carbonyl (C=O) groups is 1. The van der Waals surface area contributed by atoms with E-state index in [-0.39, 0.29) is 43.0 Å². The third kappa shape index (κ3) is 10.1. The minimum atomic E-state index is -4.85. The first-order valence-corrected chi connectivity index (χ1v) is 15.4. The van der Waals surface area contributed by atoms with Crippen molar-refractivity contribution in [2.24, 2.45) is 0 Å². The number of alkyl halides is 3. The number of aryl methyl sites for hydroxylation is 2. The maximum atomic E-state index is 13.9. The van der Waals surface area contributed by atoms with E-state index in [1.54, 1.807) is 18.2 Å². The highest BCUT2D eigenvalue weighted by Crippen LogP contribution is 2.35. The fourth-order valence-electron chi connectivity index (χ4n) is 4.60. The van der Waals surface area contributed by atoms with E-state index in [0.717, 1.165) is 16.4 Å². The Morgan fingerprint density at radius 2 is 1.77 bits per heavy atom. The minimum Gasteiger partial charge on any atom is -0.481 e. The monoisotopic (exact) mass is 639 g/mol. The Morgan fingerprint density at radius 3 is 2.39 bits per heavy atom. The normalized spacial score (nSPS) is 13.3. The van der Waals surface area contributed by atoms with Gasteiger partial charge in [0.05, 0.1) is 22.3 Å². The molecule has 1 atom stereocenters. The van der Waals surface area contributed by atoms with Crippen molar-refractivity contribution in [1.29, 1.82) is 0 Å². The predicted molar refractivity (Wildman–Crippen MR) is 158 cm³/mol. The third-order valence-corrected chi connectivity index (χ3v) is 8.98. The van der Waals surface area contributed by atoms with Gasteiger partial charge in [0.2, 0.25) is 10.0 Å². The van der Waals surface area contributed by atoms with Crippen LogP contribution in [0.15, 0.2) is 65.7 Å². The number of aliphatic hydroxyl groups excluding tert-OH is 1. The average molecular weight is 640 g/mol. The van der Waals surface area contributed by atoms with Crippen LogP contribution in [0.3, 0.4) is 0 Å². The van der Waals surface area contributed by atoms with Gasteiger partial charge in [-0.3, -0.25) is 9.78 Å². The molecule has 0 aliphatic rings. The SMILES string of the molecule is CN(CC(O)CNC(C)(C)CCCc1ccccc1F)S(=O)(=O)c1cc(-c2ccc(CCC(=O)O)cn2)cc(C(F)(F)F)c1. The summed E-state index contributed by atoms with van der Waals surface area (Å²) in [6, 6.07) is 11.9. The van der Waals surface area contributed by atoms with Crippen LogP contribution in [-0.2, 0) is 33.8 Å². The van der Waals surface area contributed by atoms with Gasteiger partial charge in [-0.05, 0) is 81.0 Å². The first-order valence-electron chi connectivity index (χ1n) is 14.0. The van der Waals surface area contributed by atoms with E-state index in [0.29, 0.717) is 36.5 Å². The highest BCUT2D eigenvalue weighted by molar-refractivity contribution is 7.89. The van der Waals surface area contributed by atoms with Crippen LogP contribution in [0.4, 0.5) is 17.6 Å². The zero-order valence-corrected chi connectivity index (χ0v) is 25.6. The zero-order chi connectivity index (χ0) is 32.7. The molecule has 0 bridgehead atoms. The van der Waals surface area contributed by atoms with Gasteiger partial charge in [-0.2, -0.15) is 17.5 Å². The number of rotatable bonds is 15. The Hall–Kier alpha value is -3.39. The van der Waals surface area contributed by atoms with E-state index in [2.05, 4.69) is 10.3 Å². The third-order valence-electron chi connectivity index (χ3n) is 7.18. The lowest BCUT2D eigenvalue weighted by Gasteiger charge is -2.29. The molecule has 3 rings (SSSR count). The number of β-amino-alcohol motifs (C(OH)–C–C–N with tert-alkyl or cyclic N) is 1. The standard InChI is InChI=1S/C31H37F4N3O5S/c1-30(2,14-6-8-22-7-4-5-9-27(22)32)37-19-25(39)20-38(3)44(42,43)26-16-23(15-24(17-26)31(33,34)35)28-12-10-21(18-36-28)11-13-29(40)41/h4-5,7,9-10,12,15-18,25,37,39H,6,8,11,13-14,19-20H2,1-3H3,(H,40,41). The van der Waals surface area contributed by atoms with E-state index in [4.69, 9.17) is 5.11 Å². The van der Waals surface area contributed by atoms with E-state index >= 15 is 0 Å². The largest absolute Gasteiger partial charge is 0.481 e. The molecule has 8 nitrogen and oxygen atoms in total. The highest BCUT2D eigenvalue weighted by Gasteiger charge is 2.34. The molecule has 44 heavy (non-hydrogen) atoms. The summed E-state index contributed by atoms with van der Waals surface area (Å²) in [5.74, 6) is -1.28. The molecule has 0 saturated heterocycles. The van der Waals surface area contributed by atoms with Gasteiger partial charge in [0.15, 0.2) is 0 Å². The second-order valence-corrected chi connectivity index (χ2v) is 13.4. The van der Waals surface area contributed by atoms with Gasteiger partial charge < -0.3 is 15.5 Å². The van der Waals surface area contributed by atoms with Crippen LogP contribution in [-0.4, -0.2) is 65.7 Å². The lowest BCUT2D eigenvalue weighted by Crippen LogP contribution is -2.46. The van der Waals surface area contributed by atoms with Gasteiger partial charge in [0.1, 0.15) is 5.82 Å². The number of nitrogens with one attached hydrogen (secondary N) is 1. The number of hydrogen-bond donors (Lipinski definition) is 3. The first kappa shape index (κ1) is 35.1. The molecule has 1 aromatic heterocycles. The second-order valence-electron chi connectivity index (χ2n) is 11.3. The number of pyridine rings is 1. The first-order chi connectivity index (χ1) is 20.5. The summed E-state index contributed by atoms with van der Waals surface area (Å²) >= 11 is 0. The van der Waals surface area contributed by atoms with Crippen molar-refractivity contribution in [3.8, 4) is 11.3 Å². The molecule has 0 spiro atoms. The highest BCUT2D eigenvalue weighted by atomic mass is 32.2. The summed E-state index contributed by atoms with van der Waals surface area (Å²) in [6.45, 7) is 3.43. The summed E-state index contributed by atoms with van der Waals surface area (Å²) < 4.78 is 82.7. The van der Waals surface area contributed by atoms with E-state index < -0.39 is 44.3 Å².